The number of benzene rings is 1. The number of hydrogen-bond donors (Lipinski definition) is 1. The van der Waals surface area contributed by atoms with Gasteiger partial charge in [-0.2, -0.15) is 0 Å². The second kappa shape index (κ2) is 5.45. The van der Waals surface area contributed by atoms with Crippen molar-refractivity contribution in [1.29, 1.82) is 0 Å². The van der Waals surface area contributed by atoms with Crippen molar-refractivity contribution in [3.05, 3.63) is 23.8 Å². The van der Waals surface area contributed by atoms with Crippen molar-refractivity contribution in [2.75, 3.05) is 18.2 Å². The van der Waals surface area contributed by atoms with Crippen molar-refractivity contribution in [3.8, 4) is 5.75 Å². The Morgan fingerprint density at radius 1 is 1.47 bits per heavy atom. The highest BCUT2D eigenvalue weighted by atomic mass is 32.2. The fraction of sp³-hybridized carbons (Fsp3) is 0.462. The molecule has 0 fully saturated rings. The zero-order valence-electron chi connectivity index (χ0n) is 10.5. The second-order valence-corrected chi connectivity index (χ2v) is 5.31. The summed E-state index contributed by atoms with van der Waals surface area (Å²) in [5, 5.41) is 4.41. The lowest BCUT2D eigenvalue weighted by Gasteiger charge is -2.18. The molecule has 1 heterocycles. The Morgan fingerprint density at radius 2 is 2.29 bits per heavy atom. The van der Waals surface area contributed by atoms with Gasteiger partial charge in [0.25, 0.3) is 0 Å². The number of rotatable bonds is 2. The van der Waals surface area contributed by atoms with Gasteiger partial charge in [0.1, 0.15) is 5.75 Å². The van der Waals surface area contributed by atoms with E-state index in [2.05, 4.69) is 24.2 Å². The van der Waals surface area contributed by atoms with Gasteiger partial charge in [-0.3, -0.25) is 4.99 Å². The molecule has 0 spiro atoms. The Kier molecular flexibility index (Phi) is 3.94. The zero-order valence-corrected chi connectivity index (χ0v) is 11.3. The topological polar surface area (TPSA) is 33.6 Å². The third-order valence-corrected chi connectivity index (χ3v) is 3.71. The lowest BCUT2D eigenvalue weighted by Crippen LogP contribution is -2.18. The predicted molar refractivity (Wildman–Crippen MR) is 75.3 cm³/mol. The average Bonchev–Trinajstić information content (AvgIpc) is 2.32. The zero-order chi connectivity index (χ0) is 12.3. The van der Waals surface area contributed by atoms with E-state index in [1.54, 1.807) is 18.9 Å². The average molecular weight is 250 g/mol. The van der Waals surface area contributed by atoms with E-state index in [9.17, 15) is 0 Å². The fourth-order valence-corrected chi connectivity index (χ4v) is 2.80. The minimum atomic E-state index is 0.428. The highest BCUT2D eigenvalue weighted by Crippen LogP contribution is 2.24. The summed E-state index contributed by atoms with van der Waals surface area (Å²) in [4.78, 5) is 4.60. The lowest BCUT2D eigenvalue weighted by molar-refractivity contribution is 0.414. The van der Waals surface area contributed by atoms with Crippen molar-refractivity contribution >= 4 is 22.6 Å². The highest BCUT2D eigenvalue weighted by molar-refractivity contribution is 8.14. The molecule has 0 saturated heterocycles. The van der Waals surface area contributed by atoms with Gasteiger partial charge >= 0.3 is 0 Å². The summed E-state index contributed by atoms with van der Waals surface area (Å²) in [6, 6.07) is 6.46. The van der Waals surface area contributed by atoms with Gasteiger partial charge in [0, 0.05) is 11.4 Å². The Labute approximate surface area is 107 Å². The fourth-order valence-electron chi connectivity index (χ4n) is 1.72. The van der Waals surface area contributed by atoms with Crippen LogP contribution in [0.1, 0.15) is 18.9 Å². The Hall–Kier alpha value is -1.16. The van der Waals surface area contributed by atoms with Crippen LogP contribution in [0.3, 0.4) is 0 Å². The van der Waals surface area contributed by atoms with Crippen LogP contribution in [0, 0.1) is 6.92 Å². The molecule has 1 aliphatic heterocycles. The van der Waals surface area contributed by atoms with E-state index in [-0.39, 0.29) is 0 Å². The van der Waals surface area contributed by atoms with Crippen molar-refractivity contribution in [3.63, 3.8) is 0 Å². The summed E-state index contributed by atoms with van der Waals surface area (Å²) in [6.07, 6.45) is 1.16. The third-order valence-electron chi connectivity index (χ3n) is 2.79. The van der Waals surface area contributed by atoms with Crippen LogP contribution in [-0.2, 0) is 0 Å². The molecule has 0 bridgehead atoms. The molecule has 92 valence electrons. The molecule has 0 aliphatic carbocycles. The number of nitrogens with one attached hydrogen (secondary N) is 1. The van der Waals surface area contributed by atoms with Gasteiger partial charge in [0.15, 0.2) is 5.17 Å². The van der Waals surface area contributed by atoms with E-state index in [1.807, 2.05) is 18.2 Å². The Balaban J connectivity index is 2.13. The van der Waals surface area contributed by atoms with E-state index in [1.165, 1.54) is 5.56 Å². The number of amidine groups is 1. The van der Waals surface area contributed by atoms with Crippen molar-refractivity contribution in [1.82, 2.24) is 0 Å². The maximum Gasteiger partial charge on any atom is 0.161 e. The molecule has 1 aliphatic rings. The van der Waals surface area contributed by atoms with Crippen LogP contribution in [0.5, 0.6) is 5.75 Å². The van der Waals surface area contributed by atoms with Gasteiger partial charge in [-0.1, -0.05) is 11.8 Å². The van der Waals surface area contributed by atoms with Crippen LogP contribution in [0.4, 0.5) is 5.69 Å². The molecule has 2 rings (SSSR count). The summed E-state index contributed by atoms with van der Waals surface area (Å²) >= 11 is 1.79. The van der Waals surface area contributed by atoms with Gasteiger partial charge < -0.3 is 10.1 Å². The van der Waals surface area contributed by atoms with Crippen LogP contribution in [0.15, 0.2) is 23.2 Å². The van der Waals surface area contributed by atoms with Crippen LogP contribution in [0.25, 0.3) is 0 Å². The molecule has 1 aromatic carbocycles. The van der Waals surface area contributed by atoms with E-state index >= 15 is 0 Å². The third kappa shape index (κ3) is 3.16. The number of ether oxygens (including phenoxy) is 1. The van der Waals surface area contributed by atoms with Gasteiger partial charge in [0.2, 0.25) is 0 Å². The van der Waals surface area contributed by atoms with Crippen molar-refractivity contribution < 1.29 is 4.74 Å². The summed E-state index contributed by atoms with van der Waals surface area (Å²) in [6.45, 7) is 4.23. The molecule has 1 unspecified atom stereocenters. The molecule has 1 N–H and O–H groups in total. The monoisotopic (exact) mass is 250 g/mol. The van der Waals surface area contributed by atoms with Crippen LogP contribution in [0.2, 0.25) is 0 Å². The summed E-state index contributed by atoms with van der Waals surface area (Å²) in [5.41, 5.74) is 2.28. The van der Waals surface area contributed by atoms with E-state index < -0.39 is 0 Å². The number of anilines is 1. The summed E-state index contributed by atoms with van der Waals surface area (Å²) in [5.74, 6) is 2.03. The maximum absolute atomic E-state index is 5.19. The molecule has 0 saturated carbocycles. The quantitative estimate of drug-likeness (QED) is 0.874. The standard InChI is InChI=1S/C13H18N2OS/c1-9-8-11(16-3)4-5-12(9)15-13-14-10(2)6-7-17-13/h4-5,8,10H,6-7H2,1-3H3,(H,14,15). The van der Waals surface area contributed by atoms with Crippen LogP contribution in [-0.4, -0.2) is 24.1 Å². The second-order valence-electron chi connectivity index (χ2n) is 4.23. The first-order chi connectivity index (χ1) is 8.19. The first-order valence-corrected chi connectivity index (χ1v) is 6.80. The van der Waals surface area contributed by atoms with E-state index in [0.717, 1.165) is 28.8 Å². The summed E-state index contributed by atoms with van der Waals surface area (Å²) in [7, 11) is 1.69. The number of thioether (sulfide) groups is 1. The largest absolute Gasteiger partial charge is 0.497 e. The van der Waals surface area contributed by atoms with Gasteiger partial charge in [-0.25, -0.2) is 0 Å². The van der Waals surface area contributed by atoms with E-state index in [4.69, 9.17) is 4.74 Å². The number of hydrogen-bond acceptors (Lipinski definition) is 4. The smallest absolute Gasteiger partial charge is 0.161 e. The molecule has 0 radical (unpaired) electrons. The van der Waals surface area contributed by atoms with E-state index in [0.29, 0.717) is 6.04 Å². The summed E-state index contributed by atoms with van der Waals surface area (Å²) < 4.78 is 5.19. The molecule has 0 aromatic heterocycles. The first-order valence-electron chi connectivity index (χ1n) is 5.81. The van der Waals surface area contributed by atoms with Gasteiger partial charge in [0.05, 0.1) is 13.2 Å². The Bertz CT molecular complexity index is 431. The number of nitrogens with zero attached hydrogens (tertiary/aromatic N) is 1. The molecular formula is C13H18N2OS. The molecule has 0 amide bonds. The van der Waals surface area contributed by atoms with Crippen LogP contribution < -0.4 is 10.1 Å². The SMILES string of the molecule is COc1ccc(NC2=NC(C)CCS2)c(C)c1. The highest BCUT2D eigenvalue weighted by Gasteiger charge is 2.12. The molecule has 1 atom stereocenters. The molecule has 17 heavy (non-hydrogen) atoms. The number of aliphatic imine (C=N–C) groups is 1. The Morgan fingerprint density at radius 3 is 2.94 bits per heavy atom. The molecule has 3 nitrogen and oxygen atoms in total. The first kappa shape index (κ1) is 12.3. The van der Waals surface area contributed by atoms with Crippen molar-refractivity contribution in [2.24, 2.45) is 4.99 Å². The predicted octanol–water partition coefficient (Wildman–Crippen LogP) is 3.30. The number of methoxy groups -OCH3 is 1. The lowest BCUT2D eigenvalue weighted by atomic mass is 10.2. The van der Waals surface area contributed by atoms with Crippen molar-refractivity contribution in [2.45, 2.75) is 26.3 Å². The van der Waals surface area contributed by atoms with Gasteiger partial charge in [-0.15, -0.1) is 0 Å². The normalized spacial score (nSPS) is 19.7. The minimum absolute atomic E-state index is 0.428. The molecule has 4 heteroatoms. The number of aryl methyl sites for hydroxylation is 1. The molecule has 1 aromatic rings. The van der Waals surface area contributed by atoms with Crippen LogP contribution >= 0.6 is 11.8 Å². The maximum atomic E-state index is 5.19. The minimum Gasteiger partial charge on any atom is -0.497 e. The molecular weight excluding hydrogens is 232 g/mol. The van der Waals surface area contributed by atoms with Gasteiger partial charge in [-0.05, 0) is 44.0 Å².